The fourth-order valence-electron chi connectivity index (χ4n) is 8.54. The molecule has 0 saturated heterocycles. The van der Waals surface area contributed by atoms with Crippen molar-refractivity contribution >= 4 is 39.6 Å². The van der Waals surface area contributed by atoms with Crippen molar-refractivity contribution in [3.05, 3.63) is 202 Å². The van der Waals surface area contributed by atoms with Crippen LogP contribution in [0.3, 0.4) is 0 Å². The van der Waals surface area contributed by atoms with E-state index in [4.69, 9.17) is 6.57 Å². The normalized spacial score (nSPS) is 15.2. The van der Waals surface area contributed by atoms with Gasteiger partial charge in [0, 0.05) is 10.8 Å². The van der Waals surface area contributed by atoms with Crippen molar-refractivity contribution < 1.29 is 0 Å². The zero-order valence-electron chi connectivity index (χ0n) is 26.9. The van der Waals surface area contributed by atoms with Crippen molar-refractivity contribution in [2.75, 3.05) is 0 Å². The van der Waals surface area contributed by atoms with Gasteiger partial charge in [-0.05, 0) is 98.1 Å². The van der Waals surface area contributed by atoms with Crippen LogP contribution in [0.1, 0.15) is 38.9 Å². The summed E-state index contributed by atoms with van der Waals surface area (Å²) in [7, 11) is 0. The van der Waals surface area contributed by atoms with Crippen LogP contribution in [0.15, 0.2) is 152 Å². The van der Waals surface area contributed by atoms with Gasteiger partial charge >= 0.3 is 0 Å². The fourth-order valence-corrected chi connectivity index (χ4v) is 8.54. The van der Waals surface area contributed by atoms with E-state index >= 15 is 0 Å². The van der Waals surface area contributed by atoms with Crippen LogP contribution in [0, 0.1) is 17.9 Å². The lowest BCUT2D eigenvalue weighted by Crippen LogP contribution is -2.36. The second-order valence-corrected chi connectivity index (χ2v) is 13.1. The fraction of sp³-hybridized carbons (Fsp3) is 0.0213. The number of nitriles is 1. The summed E-state index contributed by atoms with van der Waals surface area (Å²) in [5.41, 5.74) is 15.4. The Hall–Kier alpha value is -6.94. The first kappa shape index (κ1) is 28.1. The van der Waals surface area contributed by atoms with E-state index < -0.39 is 5.41 Å². The minimum absolute atomic E-state index is 0.624. The van der Waals surface area contributed by atoms with Crippen LogP contribution in [-0.4, -0.2) is 4.57 Å². The number of rotatable bonds is 2. The second-order valence-electron chi connectivity index (χ2n) is 13.1. The third-order valence-electron chi connectivity index (χ3n) is 10.6. The van der Waals surface area contributed by atoms with E-state index in [9.17, 15) is 5.26 Å². The predicted molar refractivity (Wildman–Crippen MR) is 203 cm³/mol. The molecule has 0 radical (unpaired) electrons. The van der Waals surface area contributed by atoms with Crippen molar-refractivity contribution in [1.29, 1.82) is 5.26 Å². The zero-order valence-corrected chi connectivity index (χ0v) is 26.9. The molecule has 1 aliphatic carbocycles. The molecule has 8 aromatic rings. The Balaban J connectivity index is 1.40. The Labute approximate surface area is 290 Å². The standard InChI is InChI=1S/C47H27N3/c1-49-37-12-7-11-34(26-37)36-24-22-32-20-19-31-21-23-35(33-10-6-9-30(25-33)29-48)27-42(31)47(43(32)28-36)40-15-3-5-18-45(40)50-44-17-4-2-13-38(44)39-14-8-16-41(47)46(39)50/h2-28H/t47-/m1/s1. The summed E-state index contributed by atoms with van der Waals surface area (Å²) >= 11 is 0. The molecule has 0 unspecified atom stereocenters. The summed E-state index contributed by atoms with van der Waals surface area (Å²) in [6.07, 6.45) is 4.51. The summed E-state index contributed by atoms with van der Waals surface area (Å²) in [4.78, 5) is 3.74. The summed E-state index contributed by atoms with van der Waals surface area (Å²) in [5, 5.41) is 12.2. The van der Waals surface area contributed by atoms with Crippen molar-refractivity contribution in [1.82, 2.24) is 4.57 Å². The van der Waals surface area contributed by atoms with Gasteiger partial charge in [-0.1, -0.05) is 121 Å². The molecule has 0 bridgehead atoms. The summed E-state index contributed by atoms with van der Waals surface area (Å²) in [6.45, 7) is 7.69. The third-order valence-corrected chi connectivity index (χ3v) is 10.6. The summed E-state index contributed by atoms with van der Waals surface area (Å²) in [5.74, 6) is 0. The van der Waals surface area contributed by atoms with Gasteiger partial charge in [-0.15, -0.1) is 0 Å². The van der Waals surface area contributed by atoms with Crippen LogP contribution >= 0.6 is 0 Å². The van der Waals surface area contributed by atoms with E-state index in [0.717, 1.165) is 39.1 Å². The summed E-state index contributed by atoms with van der Waals surface area (Å²) in [6, 6.07) is 56.1. The maximum Gasteiger partial charge on any atom is 0.187 e. The van der Waals surface area contributed by atoms with Crippen molar-refractivity contribution in [3.63, 3.8) is 0 Å². The molecule has 1 spiro atoms. The number of para-hydroxylation sites is 3. The highest BCUT2D eigenvalue weighted by Crippen LogP contribution is 2.57. The van der Waals surface area contributed by atoms with Crippen LogP contribution < -0.4 is 0 Å². The highest BCUT2D eigenvalue weighted by Gasteiger charge is 2.48. The number of aromatic nitrogens is 1. The SMILES string of the molecule is [C-]#[N+]c1cccc(-c2ccc3c(c2)[C@]2(c4cc(-c5cccc(C#N)c5)ccc4C=C3)c3ccccc3-n3c4ccccc4c4cccc2c43)c1. The molecule has 1 atom stereocenters. The Morgan fingerprint density at radius 3 is 1.92 bits per heavy atom. The van der Waals surface area contributed by atoms with Gasteiger partial charge in [0.05, 0.1) is 40.3 Å². The van der Waals surface area contributed by atoms with Gasteiger partial charge in [0.1, 0.15) is 0 Å². The number of nitrogens with zero attached hydrogens (tertiary/aromatic N) is 3. The minimum Gasteiger partial charge on any atom is -0.309 e. The molecular weight excluding hydrogens is 607 g/mol. The van der Waals surface area contributed by atoms with Crippen LogP contribution in [0.4, 0.5) is 5.69 Å². The molecule has 0 N–H and O–H groups in total. The molecule has 50 heavy (non-hydrogen) atoms. The number of hydrogen-bond donors (Lipinski definition) is 0. The van der Waals surface area contributed by atoms with E-state index in [0.29, 0.717) is 11.3 Å². The van der Waals surface area contributed by atoms with Gasteiger partial charge < -0.3 is 4.57 Å². The molecule has 3 nitrogen and oxygen atoms in total. The molecule has 10 rings (SSSR count). The Morgan fingerprint density at radius 1 is 0.540 bits per heavy atom. The lowest BCUT2D eigenvalue weighted by atomic mass is 9.61. The monoisotopic (exact) mass is 633 g/mol. The Kier molecular flexibility index (Phi) is 5.92. The molecule has 0 amide bonds. The average Bonchev–Trinajstić information content (AvgIpc) is 3.45. The van der Waals surface area contributed by atoms with E-state index in [1.54, 1.807) is 0 Å². The molecule has 1 aromatic heterocycles. The second kappa shape index (κ2) is 10.5. The van der Waals surface area contributed by atoms with E-state index in [1.807, 2.05) is 36.4 Å². The third kappa shape index (κ3) is 3.78. The van der Waals surface area contributed by atoms with E-state index in [2.05, 4.69) is 143 Å². The highest BCUT2D eigenvalue weighted by molar-refractivity contribution is 6.12. The molecular formula is C47H27N3. The van der Waals surface area contributed by atoms with Crippen LogP contribution in [0.5, 0.6) is 0 Å². The minimum atomic E-state index is -0.703. The first-order valence-electron chi connectivity index (χ1n) is 16.8. The molecule has 2 aliphatic rings. The van der Waals surface area contributed by atoms with Gasteiger partial charge in [0.2, 0.25) is 0 Å². The lowest BCUT2D eigenvalue weighted by Gasteiger charge is -2.43. The average molecular weight is 634 g/mol. The van der Waals surface area contributed by atoms with Gasteiger partial charge in [-0.2, -0.15) is 5.26 Å². The number of benzene rings is 7. The number of hydrogen-bond acceptors (Lipinski definition) is 1. The largest absolute Gasteiger partial charge is 0.309 e. The Bertz CT molecular complexity index is 2740. The maximum absolute atomic E-state index is 9.77. The van der Waals surface area contributed by atoms with Gasteiger partial charge in [0.15, 0.2) is 5.69 Å². The van der Waals surface area contributed by atoms with E-state index in [1.165, 1.54) is 44.1 Å². The topological polar surface area (TPSA) is 33.1 Å². The predicted octanol–water partition coefficient (Wildman–Crippen LogP) is 11.7. The molecule has 3 heteroatoms. The smallest absolute Gasteiger partial charge is 0.187 e. The zero-order chi connectivity index (χ0) is 33.4. The van der Waals surface area contributed by atoms with Crippen LogP contribution in [0.2, 0.25) is 0 Å². The first-order valence-corrected chi connectivity index (χ1v) is 16.8. The van der Waals surface area contributed by atoms with Gasteiger partial charge in [-0.25, -0.2) is 4.85 Å². The number of fused-ring (bicyclic) bond motifs is 11. The quantitative estimate of drug-likeness (QED) is 0.174. The highest BCUT2D eigenvalue weighted by atomic mass is 15.0. The molecule has 0 fully saturated rings. The molecule has 230 valence electrons. The van der Waals surface area contributed by atoms with Gasteiger partial charge in [-0.3, -0.25) is 0 Å². The molecule has 0 saturated carbocycles. The molecule has 7 aromatic carbocycles. The molecule has 2 heterocycles. The van der Waals surface area contributed by atoms with Gasteiger partial charge in [0.25, 0.3) is 0 Å². The van der Waals surface area contributed by atoms with Crippen LogP contribution in [0.25, 0.3) is 66.7 Å². The first-order chi connectivity index (χ1) is 24.7. The Morgan fingerprint density at radius 2 is 1.16 bits per heavy atom. The van der Waals surface area contributed by atoms with Crippen molar-refractivity contribution in [2.24, 2.45) is 0 Å². The van der Waals surface area contributed by atoms with Crippen LogP contribution in [-0.2, 0) is 5.41 Å². The molecule has 1 aliphatic heterocycles. The lowest BCUT2D eigenvalue weighted by molar-refractivity contribution is 0.726. The van der Waals surface area contributed by atoms with Crippen molar-refractivity contribution in [2.45, 2.75) is 5.41 Å². The summed E-state index contributed by atoms with van der Waals surface area (Å²) < 4.78 is 2.46. The van der Waals surface area contributed by atoms with E-state index in [-0.39, 0.29) is 0 Å². The maximum atomic E-state index is 9.77. The van der Waals surface area contributed by atoms with Crippen molar-refractivity contribution in [3.8, 4) is 34.0 Å².